The minimum atomic E-state index is -0.0301. The van der Waals surface area contributed by atoms with Crippen LogP contribution in [-0.4, -0.2) is 22.9 Å². The first-order valence-corrected chi connectivity index (χ1v) is 13.8. The first-order valence-electron chi connectivity index (χ1n) is 13.0. The largest absolute Gasteiger partial charge is 0.328 e. The standard InChI is InChI=1S/C29H40BrN3O/c1-21(34)32-28-14-6-25(7-15-28)20-33(19-24-2-10-26(30)11-3-24)29-16-8-23(9-17-29)18-22-4-12-27(31)13-5-22/h2-3,6-7,10-11,14-15,22-23,27,29H,4-5,8-9,12-13,16-20,31H2,1H3,(H,32,34). The van der Waals surface area contributed by atoms with E-state index >= 15 is 0 Å². The summed E-state index contributed by atoms with van der Waals surface area (Å²) in [6, 6.07) is 18.2. The molecule has 5 heteroatoms. The zero-order chi connectivity index (χ0) is 23.9. The first kappa shape index (κ1) is 25.4. The predicted molar refractivity (Wildman–Crippen MR) is 144 cm³/mol. The third-order valence-electron chi connectivity index (χ3n) is 7.85. The second-order valence-electron chi connectivity index (χ2n) is 10.6. The molecule has 4 rings (SSSR count). The summed E-state index contributed by atoms with van der Waals surface area (Å²) >= 11 is 3.57. The van der Waals surface area contributed by atoms with Crippen LogP contribution in [0.5, 0.6) is 0 Å². The van der Waals surface area contributed by atoms with Gasteiger partial charge in [0.05, 0.1) is 0 Å². The molecule has 2 saturated carbocycles. The maximum Gasteiger partial charge on any atom is 0.221 e. The highest BCUT2D eigenvalue weighted by atomic mass is 79.9. The van der Waals surface area contributed by atoms with Crippen LogP contribution in [0.15, 0.2) is 53.0 Å². The van der Waals surface area contributed by atoms with Crippen molar-refractivity contribution in [3.05, 3.63) is 64.1 Å². The van der Waals surface area contributed by atoms with E-state index in [2.05, 4.69) is 62.5 Å². The molecule has 0 heterocycles. The van der Waals surface area contributed by atoms with Crippen LogP contribution in [0, 0.1) is 11.8 Å². The van der Waals surface area contributed by atoms with Crippen LogP contribution in [0.2, 0.25) is 0 Å². The lowest BCUT2D eigenvalue weighted by Crippen LogP contribution is -2.37. The van der Waals surface area contributed by atoms with Gasteiger partial charge >= 0.3 is 0 Å². The molecule has 34 heavy (non-hydrogen) atoms. The molecular weight excluding hydrogens is 486 g/mol. The van der Waals surface area contributed by atoms with E-state index in [1.807, 2.05) is 12.1 Å². The Hall–Kier alpha value is -1.69. The lowest BCUT2D eigenvalue weighted by Gasteiger charge is -2.38. The fraction of sp³-hybridized carbons (Fsp3) is 0.552. The fourth-order valence-electron chi connectivity index (χ4n) is 5.91. The molecule has 2 aliphatic carbocycles. The minimum Gasteiger partial charge on any atom is -0.328 e. The van der Waals surface area contributed by atoms with Crippen LogP contribution in [-0.2, 0) is 17.9 Å². The number of nitrogens with two attached hydrogens (primary N) is 1. The van der Waals surface area contributed by atoms with Gasteiger partial charge in [-0.3, -0.25) is 9.69 Å². The summed E-state index contributed by atoms with van der Waals surface area (Å²) in [7, 11) is 0. The third-order valence-corrected chi connectivity index (χ3v) is 8.38. The number of nitrogens with zero attached hydrogens (tertiary/aromatic N) is 1. The second kappa shape index (κ2) is 12.3. The van der Waals surface area contributed by atoms with Crippen molar-refractivity contribution in [2.45, 2.75) is 89.9 Å². The Kier molecular flexibility index (Phi) is 9.21. The average molecular weight is 527 g/mol. The molecule has 0 saturated heterocycles. The molecule has 2 aromatic rings. The van der Waals surface area contributed by atoms with E-state index in [9.17, 15) is 4.79 Å². The number of hydrogen-bond donors (Lipinski definition) is 2. The van der Waals surface area contributed by atoms with Crippen LogP contribution >= 0.6 is 15.9 Å². The maximum absolute atomic E-state index is 11.3. The van der Waals surface area contributed by atoms with Crippen LogP contribution in [0.25, 0.3) is 0 Å². The number of carbonyl (C=O) groups excluding carboxylic acids is 1. The second-order valence-corrected chi connectivity index (χ2v) is 11.5. The SMILES string of the molecule is CC(=O)Nc1ccc(CN(Cc2ccc(Br)cc2)C2CCC(CC3CCC(N)CC3)CC2)cc1. The number of benzene rings is 2. The van der Waals surface area contributed by atoms with Crippen LogP contribution < -0.4 is 11.1 Å². The predicted octanol–water partition coefficient (Wildman–Crippen LogP) is 6.88. The first-order chi connectivity index (χ1) is 16.4. The molecule has 0 spiro atoms. The highest BCUT2D eigenvalue weighted by Gasteiger charge is 2.29. The quantitative estimate of drug-likeness (QED) is 0.395. The number of hydrogen-bond acceptors (Lipinski definition) is 3. The van der Waals surface area contributed by atoms with Crippen molar-refractivity contribution in [2.24, 2.45) is 17.6 Å². The van der Waals surface area contributed by atoms with E-state index in [1.165, 1.54) is 68.9 Å². The number of halogens is 1. The number of carbonyl (C=O) groups is 1. The van der Waals surface area contributed by atoms with E-state index in [1.54, 1.807) is 6.92 Å². The number of amides is 1. The minimum absolute atomic E-state index is 0.0301. The highest BCUT2D eigenvalue weighted by Crippen LogP contribution is 2.37. The Morgan fingerprint density at radius 1 is 0.853 bits per heavy atom. The lowest BCUT2D eigenvalue weighted by molar-refractivity contribution is -0.114. The van der Waals surface area contributed by atoms with Crippen molar-refractivity contribution in [1.29, 1.82) is 0 Å². The molecular formula is C29H40BrN3O. The number of rotatable bonds is 8. The van der Waals surface area contributed by atoms with Gasteiger partial charge in [0.15, 0.2) is 0 Å². The van der Waals surface area contributed by atoms with Crippen molar-refractivity contribution >= 4 is 27.5 Å². The molecule has 2 fully saturated rings. The van der Waals surface area contributed by atoms with Gasteiger partial charge in [0.25, 0.3) is 0 Å². The molecule has 0 aromatic heterocycles. The summed E-state index contributed by atoms with van der Waals surface area (Å²) in [6.07, 6.45) is 11.8. The van der Waals surface area contributed by atoms with Gasteiger partial charge in [-0.15, -0.1) is 0 Å². The zero-order valence-corrected chi connectivity index (χ0v) is 22.1. The van der Waals surface area contributed by atoms with Crippen molar-refractivity contribution in [1.82, 2.24) is 4.90 Å². The smallest absolute Gasteiger partial charge is 0.221 e. The molecule has 0 atom stereocenters. The molecule has 3 N–H and O–H groups in total. The van der Waals surface area contributed by atoms with Gasteiger partial charge in [0, 0.05) is 42.3 Å². The van der Waals surface area contributed by atoms with Gasteiger partial charge in [0.1, 0.15) is 0 Å². The zero-order valence-electron chi connectivity index (χ0n) is 20.5. The third kappa shape index (κ3) is 7.66. The highest BCUT2D eigenvalue weighted by molar-refractivity contribution is 9.10. The Balaban J connectivity index is 1.37. The number of anilines is 1. The Morgan fingerprint density at radius 2 is 1.35 bits per heavy atom. The van der Waals surface area contributed by atoms with Crippen molar-refractivity contribution in [3.63, 3.8) is 0 Å². The summed E-state index contributed by atoms with van der Waals surface area (Å²) < 4.78 is 1.13. The molecule has 0 bridgehead atoms. The van der Waals surface area contributed by atoms with Gasteiger partial charge in [-0.2, -0.15) is 0 Å². The summed E-state index contributed by atoms with van der Waals surface area (Å²) in [5.41, 5.74) is 9.64. The van der Waals surface area contributed by atoms with Gasteiger partial charge in [-0.1, -0.05) is 40.2 Å². The van der Waals surface area contributed by atoms with E-state index in [0.717, 1.165) is 35.1 Å². The van der Waals surface area contributed by atoms with E-state index in [-0.39, 0.29) is 5.91 Å². The summed E-state index contributed by atoms with van der Waals surface area (Å²) in [5.74, 6) is 1.77. The molecule has 0 unspecified atom stereocenters. The molecule has 2 aromatic carbocycles. The molecule has 4 nitrogen and oxygen atoms in total. The molecule has 0 aliphatic heterocycles. The van der Waals surface area contributed by atoms with E-state index in [4.69, 9.17) is 5.73 Å². The normalized spacial score (nSPS) is 25.3. The van der Waals surface area contributed by atoms with Crippen LogP contribution in [0.3, 0.4) is 0 Å². The Morgan fingerprint density at radius 3 is 1.88 bits per heavy atom. The molecule has 184 valence electrons. The Bertz CT molecular complexity index is 898. The van der Waals surface area contributed by atoms with Crippen LogP contribution in [0.4, 0.5) is 5.69 Å². The summed E-state index contributed by atoms with van der Waals surface area (Å²) in [4.78, 5) is 14.0. The molecule has 0 radical (unpaired) electrons. The maximum atomic E-state index is 11.3. The van der Waals surface area contributed by atoms with Gasteiger partial charge in [-0.25, -0.2) is 0 Å². The van der Waals surface area contributed by atoms with Crippen molar-refractivity contribution in [2.75, 3.05) is 5.32 Å². The van der Waals surface area contributed by atoms with E-state index < -0.39 is 0 Å². The number of nitrogens with one attached hydrogen (secondary N) is 1. The molecule has 2 aliphatic rings. The Labute approximate surface area is 213 Å². The monoisotopic (exact) mass is 525 g/mol. The molecule has 1 amide bonds. The van der Waals surface area contributed by atoms with Crippen molar-refractivity contribution < 1.29 is 4.79 Å². The van der Waals surface area contributed by atoms with Crippen molar-refractivity contribution in [3.8, 4) is 0 Å². The van der Waals surface area contributed by atoms with Gasteiger partial charge in [-0.05, 0) is 105 Å². The summed E-state index contributed by atoms with van der Waals surface area (Å²) in [6.45, 7) is 3.45. The lowest BCUT2D eigenvalue weighted by atomic mass is 9.75. The van der Waals surface area contributed by atoms with E-state index in [0.29, 0.717) is 12.1 Å². The average Bonchev–Trinajstić information content (AvgIpc) is 2.83. The van der Waals surface area contributed by atoms with Crippen LogP contribution in [0.1, 0.15) is 75.8 Å². The van der Waals surface area contributed by atoms with Gasteiger partial charge < -0.3 is 11.1 Å². The fourth-order valence-corrected chi connectivity index (χ4v) is 6.18. The topological polar surface area (TPSA) is 58.4 Å². The summed E-state index contributed by atoms with van der Waals surface area (Å²) in [5, 5.41) is 2.87. The van der Waals surface area contributed by atoms with Gasteiger partial charge in [0.2, 0.25) is 5.91 Å².